The number of hydrazone groups is 1. The van der Waals surface area contributed by atoms with E-state index in [1.165, 1.54) is 0 Å². The summed E-state index contributed by atoms with van der Waals surface area (Å²) in [6.45, 7) is 3.73. The van der Waals surface area contributed by atoms with Gasteiger partial charge in [-0.3, -0.25) is 14.9 Å². The summed E-state index contributed by atoms with van der Waals surface area (Å²) in [5.41, 5.74) is 3.14. The molecule has 2 rings (SSSR count). The van der Waals surface area contributed by atoms with Crippen LogP contribution in [0.5, 0.6) is 11.5 Å². The third kappa shape index (κ3) is 4.48. The van der Waals surface area contributed by atoms with E-state index in [1.54, 1.807) is 25.1 Å². The zero-order valence-electron chi connectivity index (χ0n) is 14.0. The van der Waals surface area contributed by atoms with Crippen molar-refractivity contribution in [3.8, 4) is 11.5 Å². The Bertz CT molecular complexity index is 883. The average molecular weight is 378 g/mol. The first-order valence-electron chi connectivity index (χ1n) is 7.57. The molecule has 0 aliphatic heterocycles. The lowest BCUT2D eigenvalue weighted by Gasteiger charge is -2.08. The van der Waals surface area contributed by atoms with Crippen molar-refractivity contribution in [2.45, 2.75) is 13.8 Å². The van der Waals surface area contributed by atoms with Crippen molar-refractivity contribution >= 4 is 29.4 Å². The van der Waals surface area contributed by atoms with Gasteiger partial charge in [-0.1, -0.05) is 17.7 Å². The number of carbonyl (C=O) groups is 1. The summed E-state index contributed by atoms with van der Waals surface area (Å²) in [5, 5.41) is 25.1. The SMILES string of the molecule is CCOc1cc([N+](=O)[O-])cc(C=NNC(=O)c2ccc(C)cc2Cl)c1O. The van der Waals surface area contributed by atoms with Gasteiger partial charge in [0.1, 0.15) is 0 Å². The molecule has 8 nitrogen and oxygen atoms in total. The monoisotopic (exact) mass is 377 g/mol. The fraction of sp³-hybridized carbons (Fsp3) is 0.176. The van der Waals surface area contributed by atoms with Crippen LogP contribution in [-0.4, -0.2) is 28.8 Å². The van der Waals surface area contributed by atoms with Crippen LogP contribution < -0.4 is 10.2 Å². The standard InChI is InChI=1S/C17H16ClN3O5/c1-3-26-15-8-12(21(24)25)7-11(16(15)22)9-19-20-17(23)13-5-4-10(2)6-14(13)18/h4-9,22H,3H2,1-2H3,(H,20,23). The van der Waals surface area contributed by atoms with E-state index in [0.29, 0.717) is 0 Å². The van der Waals surface area contributed by atoms with Crippen LogP contribution in [-0.2, 0) is 0 Å². The smallest absolute Gasteiger partial charge is 0.274 e. The number of rotatable bonds is 6. The maximum Gasteiger partial charge on any atom is 0.274 e. The fourth-order valence-electron chi connectivity index (χ4n) is 2.11. The average Bonchev–Trinajstić information content (AvgIpc) is 2.57. The minimum absolute atomic E-state index is 0.0259. The molecule has 0 heterocycles. The Kier molecular flexibility index (Phi) is 6.13. The number of aryl methyl sites for hydroxylation is 1. The number of nitro groups is 1. The normalized spacial score (nSPS) is 10.7. The number of carbonyl (C=O) groups excluding carboxylic acids is 1. The molecule has 0 aromatic heterocycles. The van der Waals surface area contributed by atoms with Gasteiger partial charge in [-0.05, 0) is 31.5 Å². The van der Waals surface area contributed by atoms with Gasteiger partial charge in [0, 0.05) is 11.6 Å². The largest absolute Gasteiger partial charge is 0.504 e. The van der Waals surface area contributed by atoms with E-state index < -0.39 is 10.8 Å². The molecular formula is C17H16ClN3O5. The number of nitrogens with zero attached hydrogens (tertiary/aromatic N) is 2. The van der Waals surface area contributed by atoms with E-state index in [-0.39, 0.29) is 39.9 Å². The zero-order chi connectivity index (χ0) is 19.3. The number of phenolic OH excluding ortho intramolecular Hbond substituents is 1. The highest BCUT2D eigenvalue weighted by molar-refractivity contribution is 6.33. The summed E-state index contributed by atoms with van der Waals surface area (Å²) >= 11 is 6.01. The molecule has 0 spiro atoms. The predicted octanol–water partition coefficient (Wildman–Crippen LogP) is 3.42. The molecule has 2 aromatic rings. The topological polar surface area (TPSA) is 114 Å². The number of ether oxygens (including phenoxy) is 1. The minimum Gasteiger partial charge on any atom is -0.504 e. The zero-order valence-corrected chi connectivity index (χ0v) is 14.8. The van der Waals surface area contributed by atoms with Gasteiger partial charge < -0.3 is 9.84 Å². The third-order valence-corrected chi connectivity index (χ3v) is 3.65. The Morgan fingerprint density at radius 3 is 2.77 bits per heavy atom. The maximum atomic E-state index is 12.1. The molecule has 136 valence electrons. The molecule has 2 N–H and O–H groups in total. The highest BCUT2D eigenvalue weighted by Gasteiger charge is 2.16. The highest BCUT2D eigenvalue weighted by Crippen LogP contribution is 2.33. The van der Waals surface area contributed by atoms with E-state index in [1.807, 2.05) is 6.92 Å². The van der Waals surface area contributed by atoms with Crippen LogP contribution in [0.1, 0.15) is 28.4 Å². The van der Waals surface area contributed by atoms with Crippen molar-refractivity contribution in [2.75, 3.05) is 6.61 Å². The number of nitro benzene ring substituents is 1. The Labute approximate surface area is 154 Å². The van der Waals surface area contributed by atoms with E-state index in [0.717, 1.165) is 23.9 Å². The lowest BCUT2D eigenvalue weighted by atomic mass is 10.1. The molecule has 0 atom stereocenters. The molecule has 0 saturated heterocycles. The minimum atomic E-state index is -0.621. The fourth-order valence-corrected chi connectivity index (χ4v) is 2.43. The van der Waals surface area contributed by atoms with Crippen molar-refractivity contribution in [1.82, 2.24) is 5.43 Å². The number of hydrogen-bond donors (Lipinski definition) is 2. The lowest BCUT2D eigenvalue weighted by Crippen LogP contribution is -2.18. The van der Waals surface area contributed by atoms with Crippen LogP contribution in [0.3, 0.4) is 0 Å². The molecule has 0 unspecified atom stereocenters. The van der Waals surface area contributed by atoms with Crippen molar-refractivity contribution in [1.29, 1.82) is 0 Å². The molecule has 0 bridgehead atoms. The number of aromatic hydroxyl groups is 1. The van der Waals surface area contributed by atoms with Crippen LogP contribution in [0.25, 0.3) is 0 Å². The first-order valence-corrected chi connectivity index (χ1v) is 7.95. The van der Waals surface area contributed by atoms with Gasteiger partial charge in [0.2, 0.25) is 0 Å². The molecule has 2 aromatic carbocycles. The van der Waals surface area contributed by atoms with Gasteiger partial charge in [0.05, 0.1) is 34.4 Å². The quantitative estimate of drug-likeness (QED) is 0.454. The summed E-state index contributed by atoms with van der Waals surface area (Å²) in [4.78, 5) is 22.5. The second-order valence-corrected chi connectivity index (χ2v) is 5.66. The first-order chi connectivity index (χ1) is 12.3. The maximum absolute atomic E-state index is 12.1. The molecule has 9 heteroatoms. The second-order valence-electron chi connectivity index (χ2n) is 5.25. The summed E-state index contributed by atoms with van der Waals surface area (Å²) in [6, 6.07) is 7.15. The number of benzene rings is 2. The number of halogens is 1. The highest BCUT2D eigenvalue weighted by atomic mass is 35.5. The van der Waals surface area contributed by atoms with E-state index >= 15 is 0 Å². The second kappa shape index (κ2) is 8.30. The Morgan fingerprint density at radius 1 is 1.42 bits per heavy atom. The van der Waals surface area contributed by atoms with Crippen LogP contribution in [0.4, 0.5) is 5.69 Å². The molecule has 26 heavy (non-hydrogen) atoms. The molecule has 0 saturated carbocycles. The number of nitrogens with one attached hydrogen (secondary N) is 1. The van der Waals surface area contributed by atoms with E-state index in [2.05, 4.69) is 10.5 Å². The van der Waals surface area contributed by atoms with Gasteiger partial charge in [-0.25, -0.2) is 5.43 Å². The Hall–Kier alpha value is -3.13. The van der Waals surface area contributed by atoms with Crippen LogP contribution in [0, 0.1) is 17.0 Å². The summed E-state index contributed by atoms with van der Waals surface area (Å²) in [7, 11) is 0. The predicted molar refractivity (Wildman–Crippen MR) is 97.2 cm³/mol. The van der Waals surface area contributed by atoms with Crippen molar-refractivity contribution in [3.63, 3.8) is 0 Å². The van der Waals surface area contributed by atoms with Crippen molar-refractivity contribution in [2.24, 2.45) is 5.10 Å². The molecule has 0 aliphatic rings. The van der Waals surface area contributed by atoms with Crippen LogP contribution >= 0.6 is 11.6 Å². The van der Waals surface area contributed by atoms with Crippen molar-refractivity contribution in [3.05, 3.63) is 62.2 Å². The third-order valence-electron chi connectivity index (χ3n) is 3.34. The Balaban J connectivity index is 2.24. The van der Waals surface area contributed by atoms with Gasteiger partial charge >= 0.3 is 0 Å². The van der Waals surface area contributed by atoms with Gasteiger partial charge in [-0.2, -0.15) is 5.10 Å². The molecular weight excluding hydrogens is 362 g/mol. The summed E-state index contributed by atoms with van der Waals surface area (Å²) < 4.78 is 5.17. The molecule has 0 fully saturated rings. The van der Waals surface area contributed by atoms with E-state index in [4.69, 9.17) is 16.3 Å². The molecule has 0 aliphatic carbocycles. The number of amides is 1. The van der Waals surface area contributed by atoms with E-state index in [9.17, 15) is 20.0 Å². The first kappa shape index (κ1) is 19.2. The number of hydrogen-bond acceptors (Lipinski definition) is 6. The summed E-state index contributed by atoms with van der Waals surface area (Å²) in [6.07, 6.45) is 1.09. The Morgan fingerprint density at radius 2 is 2.15 bits per heavy atom. The van der Waals surface area contributed by atoms with Gasteiger partial charge in [0.15, 0.2) is 11.5 Å². The number of phenols is 1. The summed E-state index contributed by atoms with van der Waals surface area (Å²) in [5.74, 6) is -0.916. The van der Waals surface area contributed by atoms with Crippen LogP contribution in [0.15, 0.2) is 35.4 Å². The number of non-ortho nitro benzene ring substituents is 1. The molecule has 0 radical (unpaired) electrons. The van der Waals surface area contributed by atoms with Gasteiger partial charge in [-0.15, -0.1) is 0 Å². The van der Waals surface area contributed by atoms with Gasteiger partial charge in [0.25, 0.3) is 11.6 Å². The lowest BCUT2D eigenvalue weighted by molar-refractivity contribution is -0.385. The van der Waals surface area contributed by atoms with Crippen molar-refractivity contribution < 1.29 is 19.6 Å². The van der Waals surface area contributed by atoms with Crippen LogP contribution in [0.2, 0.25) is 5.02 Å². The molecule has 1 amide bonds.